The van der Waals surface area contributed by atoms with Crippen molar-refractivity contribution < 1.29 is 9.90 Å². The first-order valence-electron chi connectivity index (χ1n) is 10.2. The maximum atomic E-state index is 12.3. The summed E-state index contributed by atoms with van der Waals surface area (Å²) in [4.78, 5) is 16.6. The molecule has 1 aromatic heterocycles. The van der Waals surface area contributed by atoms with Gasteiger partial charge >= 0.3 is 0 Å². The zero-order valence-corrected chi connectivity index (χ0v) is 18.7. The van der Waals surface area contributed by atoms with E-state index >= 15 is 0 Å². The number of carbonyl (C=O) groups excluding carboxylic acids is 1. The molecule has 1 heterocycles. The molecule has 6 heteroatoms. The lowest BCUT2D eigenvalue weighted by Gasteiger charge is -2.28. The molecule has 0 fully saturated rings. The molecule has 1 amide bonds. The monoisotopic (exact) mass is 439 g/mol. The Morgan fingerprint density at radius 3 is 2.35 bits per heavy atom. The van der Waals surface area contributed by atoms with Crippen LogP contribution in [-0.2, 0) is 17.6 Å². The van der Waals surface area contributed by atoms with Crippen molar-refractivity contribution in [1.29, 1.82) is 0 Å². The van der Waals surface area contributed by atoms with E-state index in [0.29, 0.717) is 6.54 Å². The lowest BCUT2D eigenvalue weighted by Crippen LogP contribution is -2.43. The van der Waals surface area contributed by atoms with Crippen molar-refractivity contribution in [1.82, 2.24) is 10.3 Å². The molecule has 3 aromatic rings. The minimum atomic E-state index is -0.555. The Morgan fingerprint density at radius 1 is 1.03 bits per heavy atom. The summed E-state index contributed by atoms with van der Waals surface area (Å²) in [6, 6.07) is 23.0. The second-order valence-corrected chi connectivity index (χ2v) is 8.11. The first kappa shape index (κ1) is 24.5. The van der Waals surface area contributed by atoms with E-state index in [0.717, 1.165) is 28.9 Å². The standard InChI is InChI=1S/C25H29N3O2.ClH/c1-25(2,27-18-23(29)20-9-5-3-6-10-20)17-19-13-14-26-22(15-19)16-24(30)28-21-11-7-4-8-12-21;/h3-15,23,27,29H,16-18H2,1-2H3,(H,28,30);1H/t23-;/m0./s1. The van der Waals surface area contributed by atoms with E-state index in [1.54, 1.807) is 6.20 Å². The van der Waals surface area contributed by atoms with E-state index < -0.39 is 6.10 Å². The highest BCUT2D eigenvalue weighted by Gasteiger charge is 2.20. The van der Waals surface area contributed by atoms with Gasteiger partial charge in [0.2, 0.25) is 5.91 Å². The number of halogens is 1. The maximum Gasteiger partial charge on any atom is 0.230 e. The van der Waals surface area contributed by atoms with E-state index in [-0.39, 0.29) is 30.3 Å². The van der Waals surface area contributed by atoms with Gasteiger partial charge in [0.1, 0.15) is 0 Å². The third-order valence-corrected chi connectivity index (χ3v) is 4.88. The summed E-state index contributed by atoms with van der Waals surface area (Å²) in [6.07, 6.45) is 2.17. The number of nitrogens with zero attached hydrogens (tertiary/aromatic N) is 1. The van der Waals surface area contributed by atoms with Gasteiger partial charge in [0.25, 0.3) is 0 Å². The lowest BCUT2D eigenvalue weighted by molar-refractivity contribution is -0.115. The lowest BCUT2D eigenvalue weighted by atomic mass is 9.94. The van der Waals surface area contributed by atoms with Crippen LogP contribution in [0.4, 0.5) is 5.69 Å². The van der Waals surface area contributed by atoms with E-state index in [4.69, 9.17) is 0 Å². The van der Waals surface area contributed by atoms with Crippen LogP contribution in [0.2, 0.25) is 0 Å². The number of hydrogen-bond donors (Lipinski definition) is 3. The molecular formula is C25H30ClN3O2. The molecule has 0 saturated heterocycles. The van der Waals surface area contributed by atoms with Gasteiger partial charge in [-0.2, -0.15) is 0 Å². The summed E-state index contributed by atoms with van der Waals surface area (Å²) in [7, 11) is 0. The van der Waals surface area contributed by atoms with E-state index in [2.05, 4.69) is 29.5 Å². The number of benzene rings is 2. The summed E-state index contributed by atoms with van der Waals surface area (Å²) in [5, 5.41) is 16.7. The highest BCUT2D eigenvalue weighted by Crippen LogP contribution is 2.17. The molecule has 2 aromatic carbocycles. The Bertz CT molecular complexity index is 949. The van der Waals surface area contributed by atoms with Gasteiger partial charge in [0.15, 0.2) is 0 Å². The molecule has 3 N–H and O–H groups in total. The van der Waals surface area contributed by atoms with Crippen LogP contribution in [0.15, 0.2) is 79.0 Å². The molecule has 1 atom stereocenters. The molecule has 0 spiro atoms. The Labute approximate surface area is 190 Å². The highest BCUT2D eigenvalue weighted by atomic mass is 35.5. The quantitative estimate of drug-likeness (QED) is 0.464. The SMILES string of the molecule is CC(C)(Cc1ccnc(CC(=O)Nc2ccccc2)c1)NC[C@H](O)c1ccccc1.Cl. The average Bonchev–Trinajstić information content (AvgIpc) is 2.73. The van der Waals surface area contributed by atoms with Crippen LogP contribution in [0.5, 0.6) is 0 Å². The van der Waals surface area contributed by atoms with E-state index in [1.165, 1.54) is 0 Å². The van der Waals surface area contributed by atoms with Crippen LogP contribution in [0, 0.1) is 0 Å². The van der Waals surface area contributed by atoms with Crippen molar-refractivity contribution in [3.63, 3.8) is 0 Å². The smallest absolute Gasteiger partial charge is 0.230 e. The summed E-state index contributed by atoms with van der Waals surface area (Å²) in [5.41, 5.74) is 3.29. The number of pyridine rings is 1. The topological polar surface area (TPSA) is 74.2 Å². The second-order valence-electron chi connectivity index (χ2n) is 8.11. The molecule has 0 saturated carbocycles. The van der Waals surface area contributed by atoms with E-state index in [1.807, 2.05) is 72.8 Å². The molecule has 5 nitrogen and oxygen atoms in total. The summed E-state index contributed by atoms with van der Waals surface area (Å²) in [6.45, 7) is 4.67. The minimum Gasteiger partial charge on any atom is -0.387 e. The summed E-state index contributed by atoms with van der Waals surface area (Å²) in [5.74, 6) is -0.0887. The van der Waals surface area contributed by atoms with Crippen molar-refractivity contribution in [2.24, 2.45) is 0 Å². The third kappa shape index (κ3) is 8.13. The van der Waals surface area contributed by atoms with E-state index in [9.17, 15) is 9.90 Å². The van der Waals surface area contributed by atoms with Gasteiger partial charge < -0.3 is 15.7 Å². The fraction of sp³-hybridized carbons (Fsp3) is 0.280. The third-order valence-electron chi connectivity index (χ3n) is 4.88. The molecule has 0 aliphatic carbocycles. The average molecular weight is 440 g/mol. The first-order valence-corrected chi connectivity index (χ1v) is 10.2. The number of hydrogen-bond acceptors (Lipinski definition) is 4. The number of nitrogens with one attached hydrogen (secondary N) is 2. The number of rotatable bonds is 9. The minimum absolute atomic E-state index is 0. The fourth-order valence-electron chi connectivity index (χ4n) is 3.36. The zero-order valence-electron chi connectivity index (χ0n) is 17.9. The van der Waals surface area contributed by atoms with Crippen LogP contribution in [0.3, 0.4) is 0 Å². The Morgan fingerprint density at radius 2 is 1.68 bits per heavy atom. The fourth-order valence-corrected chi connectivity index (χ4v) is 3.36. The second kappa shape index (κ2) is 11.6. The number of carbonyl (C=O) groups is 1. The first-order chi connectivity index (χ1) is 14.4. The van der Waals surface area contributed by atoms with Crippen LogP contribution in [0.25, 0.3) is 0 Å². The number of aliphatic hydroxyl groups is 1. The molecule has 0 unspecified atom stereocenters. The van der Waals surface area contributed by atoms with Gasteiger partial charge in [-0.1, -0.05) is 48.5 Å². The normalized spacial score (nSPS) is 12.0. The van der Waals surface area contributed by atoms with Gasteiger partial charge in [-0.25, -0.2) is 0 Å². The van der Waals surface area contributed by atoms with Crippen LogP contribution < -0.4 is 10.6 Å². The number of β-amino-alcohol motifs (C(OH)–C–C–N with tert-alkyl or cyclic N) is 1. The van der Waals surface area contributed by atoms with Gasteiger partial charge in [-0.3, -0.25) is 9.78 Å². The van der Waals surface area contributed by atoms with Gasteiger partial charge in [0.05, 0.1) is 12.5 Å². The Kier molecular flexibility index (Phi) is 9.19. The number of anilines is 1. The predicted octanol–water partition coefficient (Wildman–Crippen LogP) is 4.33. The molecule has 0 aliphatic heterocycles. The van der Waals surface area contributed by atoms with Crippen molar-refractivity contribution in [3.8, 4) is 0 Å². The molecule has 0 bridgehead atoms. The number of aromatic nitrogens is 1. The zero-order chi connectivity index (χ0) is 21.4. The molecular weight excluding hydrogens is 410 g/mol. The van der Waals surface area contributed by atoms with Gasteiger partial charge in [-0.05, 0) is 55.7 Å². The highest BCUT2D eigenvalue weighted by molar-refractivity contribution is 5.91. The Balaban J connectivity index is 0.00000341. The largest absolute Gasteiger partial charge is 0.387 e. The van der Waals surface area contributed by atoms with Crippen molar-refractivity contribution >= 4 is 24.0 Å². The maximum absolute atomic E-state index is 12.3. The number of para-hydroxylation sites is 1. The van der Waals surface area contributed by atoms with Crippen molar-refractivity contribution in [2.75, 3.05) is 11.9 Å². The number of amides is 1. The molecule has 31 heavy (non-hydrogen) atoms. The summed E-state index contributed by atoms with van der Waals surface area (Å²) >= 11 is 0. The van der Waals surface area contributed by atoms with Crippen molar-refractivity contribution in [3.05, 3.63) is 95.8 Å². The predicted molar refractivity (Wildman–Crippen MR) is 127 cm³/mol. The van der Waals surface area contributed by atoms with Crippen LogP contribution in [0.1, 0.15) is 36.8 Å². The van der Waals surface area contributed by atoms with Crippen molar-refractivity contribution in [2.45, 2.75) is 38.3 Å². The van der Waals surface area contributed by atoms with Gasteiger partial charge in [0, 0.05) is 29.7 Å². The molecule has 0 aliphatic rings. The van der Waals surface area contributed by atoms with Crippen LogP contribution in [-0.4, -0.2) is 28.1 Å². The Hall–Kier alpha value is -2.73. The van der Waals surface area contributed by atoms with Gasteiger partial charge in [-0.15, -0.1) is 12.4 Å². The number of aliphatic hydroxyl groups excluding tert-OH is 1. The molecule has 0 radical (unpaired) electrons. The summed E-state index contributed by atoms with van der Waals surface area (Å²) < 4.78 is 0. The van der Waals surface area contributed by atoms with Crippen LogP contribution >= 0.6 is 12.4 Å². The molecule has 3 rings (SSSR count). The molecule has 164 valence electrons.